The van der Waals surface area contributed by atoms with Crippen molar-refractivity contribution in [3.63, 3.8) is 0 Å². The molecule has 0 bridgehead atoms. The van der Waals surface area contributed by atoms with Crippen molar-refractivity contribution in [3.05, 3.63) is 0 Å². The van der Waals surface area contributed by atoms with Gasteiger partial charge in [-0.25, -0.2) is 0 Å². The van der Waals surface area contributed by atoms with Gasteiger partial charge in [0.15, 0.2) is 0 Å². The van der Waals surface area contributed by atoms with E-state index < -0.39 is 0 Å². The summed E-state index contributed by atoms with van der Waals surface area (Å²) in [4.78, 5) is 10.1. The van der Waals surface area contributed by atoms with Crippen LogP contribution in [-0.2, 0) is 4.79 Å². The molecule has 0 heterocycles. The van der Waals surface area contributed by atoms with Gasteiger partial charge in [0.1, 0.15) is 0 Å². The third-order valence-corrected chi connectivity index (χ3v) is 1.03. The maximum atomic E-state index is 10.1. The Morgan fingerprint density at radius 1 is 1.44 bits per heavy atom. The second-order valence-electron chi connectivity index (χ2n) is 1.92. The molecule has 9 heavy (non-hydrogen) atoms. The molecule has 2 nitrogen and oxygen atoms in total. The number of carbonyl (C=O) groups excluding carboxylic acids is 1. The van der Waals surface area contributed by atoms with E-state index in [1.807, 2.05) is 0 Å². The van der Waals surface area contributed by atoms with Gasteiger partial charge in [-0.2, -0.15) is 0 Å². The van der Waals surface area contributed by atoms with Gasteiger partial charge in [-0.05, 0) is 6.42 Å². The quantitative estimate of drug-likeness (QED) is 0.682. The summed E-state index contributed by atoms with van der Waals surface area (Å²) in [5.74, 6) is -0.182. The van der Waals surface area contributed by atoms with Crippen LogP contribution in [0.4, 0.5) is 0 Å². The molecule has 0 spiro atoms. The molecule has 0 fully saturated rings. The zero-order valence-corrected chi connectivity index (χ0v) is 7.44. The van der Waals surface area contributed by atoms with Crippen molar-refractivity contribution >= 4 is 22.9 Å². The van der Waals surface area contributed by atoms with E-state index in [9.17, 15) is 4.79 Å². The number of nitrogens with two attached hydrogens (primary N) is 1. The van der Waals surface area contributed by atoms with Crippen LogP contribution >= 0.6 is 17.0 Å². The third-order valence-electron chi connectivity index (χ3n) is 1.03. The van der Waals surface area contributed by atoms with E-state index in [1.54, 1.807) is 0 Å². The highest BCUT2D eigenvalue weighted by atomic mass is 79.9. The minimum atomic E-state index is -0.182. The number of rotatable bonds is 4. The van der Waals surface area contributed by atoms with Crippen LogP contribution in [0, 0.1) is 0 Å². The zero-order valence-electron chi connectivity index (χ0n) is 5.72. The van der Waals surface area contributed by atoms with Crippen LogP contribution in [0.2, 0.25) is 0 Å². The first kappa shape index (κ1) is 11.7. The molecule has 0 aromatic heterocycles. The molecule has 0 radical (unpaired) electrons. The summed E-state index contributed by atoms with van der Waals surface area (Å²) in [5.41, 5.74) is 4.89. The lowest BCUT2D eigenvalue weighted by molar-refractivity contribution is -0.118. The maximum Gasteiger partial charge on any atom is 0.217 e. The topological polar surface area (TPSA) is 43.1 Å². The van der Waals surface area contributed by atoms with Gasteiger partial charge in [0.2, 0.25) is 5.91 Å². The van der Waals surface area contributed by atoms with Gasteiger partial charge in [0.25, 0.3) is 0 Å². The fourth-order valence-corrected chi connectivity index (χ4v) is 0.549. The second kappa shape index (κ2) is 7.95. The number of hydrogen-bond donors (Lipinski definition) is 1. The van der Waals surface area contributed by atoms with Crippen molar-refractivity contribution in [1.29, 1.82) is 0 Å². The Bertz CT molecular complexity index is 75.5. The highest BCUT2D eigenvalue weighted by molar-refractivity contribution is 8.93. The molecule has 56 valence electrons. The number of primary amides is 1. The van der Waals surface area contributed by atoms with Gasteiger partial charge in [-0.15, -0.1) is 17.0 Å². The van der Waals surface area contributed by atoms with E-state index in [0.29, 0.717) is 6.42 Å². The molecule has 0 rings (SSSR count). The van der Waals surface area contributed by atoms with Crippen LogP contribution in [-0.4, -0.2) is 5.91 Å². The fourth-order valence-electron chi connectivity index (χ4n) is 0.549. The maximum absolute atomic E-state index is 10.1. The van der Waals surface area contributed by atoms with Crippen LogP contribution in [0.1, 0.15) is 32.6 Å². The number of hydrogen-bond acceptors (Lipinski definition) is 1. The van der Waals surface area contributed by atoms with Gasteiger partial charge < -0.3 is 5.73 Å². The highest BCUT2D eigenvalue weighted by Gasteiger charge is 1.90. The first-order chi connectivity index (χ1) is 3.77. The van der Waals surface area contributed by atoms with Crippen molar-refractivity contribution in [2.45, 2.75) is 32.6 Å². The molecule has 0 unspecified atom stereocenters. The summed E-state index contributed by atoms with van der Waals surface area (Å²) in [6, 6.07) is 0. The molecule has 0 atom stereocenters. The molecule has 3 heteroatoms. The van der Waals surface area contributed by atoms with Crippen molar-refractivity contribution < 1.29 is 4.79 Å². The first-order valence-corrected chi connectivity index (χ1v) is 3.05. The smallest absolute Gasteiger partial charge is 0.217 e. The monoisotopic (exact) mass is 195 g/mol. The molecular weight excluding hydrogens is 182 g/mol. The average molecular weight is 196 g/mol. The van der Waals surface area contributed by atoms with Crippen molar-refractivity contribution in [2.75, 3.05) is 0 Å². The average Bonchev–Trinajstić information content (AvgIpc) is 1.66. The molecule has 0 aliphatic heterocycles. The number of amides is 1. The molecule has 0 aromatic rings. The lowest BCUT2D eigenvalue weighted by atomic mass is 10.2. The van der Waals surface area contributed by atoms with Gasteiger partial charge in [0.05, 0.1) is 0 Å². The zero-order chi connectivity index (χ0) is 6.41. The Labute approximate surface area is 66.6 Å². The molecule has 1 amide bonds. The molecule has 0 aromatic carbocycles. The standard InChI is InChI=1S/C6H13NO.BrH/c1-2-3-4-5-6(7)8;/h2-5H2,1H3,(H2,7,8);1H. The van der Waals surface area contributed by atoms with Crippen molar-refractivity contribution in [1.82, 2.24) is 0 Å². The normalized spacial score (nSPS) is 8.11. The molecule has 0 aliphatic carbocycles. The Morgan fingerprint density at radius 3 is 2.33 bits per heavy atom. The summed E-state index contributed by atoms with van der Waals surface area (Å²) in [7, 11) is 0. The Morgan fingerprint density at radius 2 is 2.00 bits per heavy atom. The summed E-state index contributed by atoms with van der Waals surface area (Å²) in [6.45, 7) is 2.10. The molecule has 2 N–H and O–H groups in total. The van der Waals surface area contributed by atoms with E-state index in [2.05, 4.69) is 6.92 Å². The van der Waals surface area contributed by atoms with E-state index in [1.165, 1.54) is 0 Å². The number of carbonyl (C=O) groups is 1. The lowest BCUT2D eigenvalue weighted by Gasteiger charge is -1.90. The minimum absolute atomic E-state index is 0. The molecule has 0 saturated heterocycles. The third kappa shape index (κ3) is 11.5. The minimum Gasteiger partial charge on any atom is -0.370 e. The van der Waals surface area contributed by atoms with Crippen LogP contribution in [0.15, 0.2) is 0 Å². The summed E-state index contributed by atoms with van der Waals surface area (Å²) in [5, 5.41) is 0. The number of unbranched alkanes of at least 4 members (excludes halogenated alkanes) is 2. The van der Waals surface area contributed by atoms with Crippen LogP contribution in [0.5, 0.6) is 0 Å². The molecule has 0 aliphatic rings. The Balaban J connectivity index is 0. The SMILES string of the molecule is Br.CCCCCC(N)=O. The van der Waals surface area contributed by atoms with Crippen molar-refractivity contribution in [3.8, 4) is 0 Å². The fraction of sp³-hybridized carbons (Fsp3) is 0.833. The Hall–Kier alpha value is -0.0500. The molecule has 0 saturated carbocycles. The van der Waals surface area contributed by atoms with Crippen molar-refractivity contribution in [2.24, 2.45) is 5.73 Å². The van der Waals surface area contributed by atoms with Crippen LogP contribution in [0.3, 0.4) is 0 Å². The van der Waals surface area contributed by atoms with Crippen LogP contribution < -0.4 is 5.73 Å². The van der Waals surface area contributed by atoms with E-state index in [4.69, 9.17) is 5.73 Å². The predicted molar refractivity (Wildman–Crippen MR) is 43.7 cm³/mol. The second-order valence-corrected chi connectivity index (χ2v) is 1.92. The number of halogens is 1. The van der Waals surface area contributed by atoms with Gasteiger partial charge in [-0.3, -0.25) is 4.79 Å². The van der Waals surface area contributed by atoms with E-state index >= 15 is 0 Å². The van der Waals surface area contributed by atoms with Crippen LogP contribution in [0.25, 0.3) is 0 Å². The van der Waals surface area contributed by atoms with Gasteiger partial charge in [-0.1, -0.05) is 19.8 Å². The largest absolute Gasteiger partial charge is 0.370 e. The van der Waals surface area contributed by atoms with Gasteiger partial charge in [0, 0.05) is 6.42 Å². The molecular formula is C6H14BrNO. The summed E-state index contributed by atoms with van der Waals surface area (Å²) >= 11 is 0. The van der Waals surface area contributed by atoms with E-state index in [-0.39, 0.29) is 22.9 Å². The Kier molecular flexibility index (Phi) is 10.3. The summed E-state index contributed by atoms with van der Waals surface area (Å²) < 4.78 is 0. The summed E-state index contributed by atoms with van der Waals surface area (Å²) in [6.07, 6.45) is 3.76. The lowest BCUT2D eigenvalue weighted by Crippen LogP contribution is -2.09. The van der Waals surface area contributed by atoms with Gasteiger partial charge >= 0.3 is 0 Å². The highest BCUT2D eigenvalue weighted by Crippen LogP contribution is 1.96. The van der Waals surface area contributed by atoms with E-state index in [0.717, 1.165) is 19.3 Å². The first-order valence-electron chi connectivity index (χ1n) is 3.05. The predicted octanol–water partition coefficient (Wildman–Crippen LogP) is 1.63.